The summed E-state index contributed by atoms with van der Waals surface area (Å²) in [4.78, 5) is 0. The predicted octanol–water partition coefficient (Wildman–Crippen LogP) is 4.35. The normalized spacial score (nSPS) is 54.9. The smallest absolute Gasteiger partial charge is 0.0177 e. The van der Waals surface area contributed by atoms with E-state index in [0.717, 1.165) is 17.8 Å². The average molecular weight is 194 g/mol. The molecule has 2 aliphatic rings. The van der Waals surface area contributed by atoms with Gasteiger partial charge in [-0.25, -0.2) is 0 Å². The highest BCUT2D eigenvalue weighted by Gasteiger charge is 2.83. The molecule has 4 atom stereocenters. The van der Waals surface area contributed by atoms with Crippen LogP contribution >= 0.6 is 0 Å². The Labute approximate surface area is 89.5 Å². The number of fused-ring (bicyclic) bond motifs is 1. The van der Waals surface area contributed by atoms with Gasteiger partial charge in [0.2, 0.25) is 0 Å². The average Bonchev–Trinajstić information content (AvgIpc) is 2.34. The van der Waals surface area contributed by atoms with Crippen molar-refractivity contribution in [3.8, 4) is 0 Å². The van der Waals surface area contributed by atoms with Crippen LogP contribution in [0.2, 0.25) is 0 Å². The summed E-state index contributed by atoms with van der Waals surface area (Å²) in [6, 6.07) is 0. The standard InChI is InChI=1S/C14H26/c1-9(2)11-8-10(3)13(6)12(4,5)14(11,13)7/h9-11H,8H2,1-7H3. The van der Waals surface area contributed by atoms with Crippen LogP contribution in [0.4, 0.5) is 0 Å². The van der Waals surface area contributed by atoms with Crippen molar-refractivity contribution in [2.75, 3.05) is 0 Å². The van der Waals surface area contributed by atoms with Crippen molar-refractivity contribution in [2.45, 2.75) is 54.9 Å². The summed E-state index contributed by atoms with van der Waals surface area (Å²) in [5.41, 5.74) is 1.77. The van der Waals surface area contributed by atoms with E-state index in [2.05, 4.69) is 48.5 Å². The van der Waals surface area contributed by atoms with E-state index in [1.807, 2.05) is 0 Å². The zero-order valence-electron chi connectivity index (χ0n) is 10.9. The first kappa shape index (κ1) is 10.5. The third kappa shape index (κ3) is 0.717. The fourth-order valence-corrected chi connectivity index (χ4v) is 5.19. The molecule has 0 nitrogen and oxygen atoms in total. The van der Waals surface area contributed by atoms with Gasteiger partial charge in [-0.2, -0.15) is 0 Å². The summed E-state index contributed by atoms with van der Waals surface area (Å²) in [6.45, 7) is 17.3. The van der Waals surface area contributed by atoms with Crippen LogP contribution < -0.4 is 0 Å². The molecule has 0 saturated heterocycles. The highest BCUT2D eigenvalue weighted by atomic mass is 14.9. The van der Waals surface area contributed by atoms with Crippen LogP contribution in [-0.4, -0.2) is 0 Å². The first-order valence-electron chi connectivity index (χ1n) is 6.21. The lowest BCUT2D eigenvalue weighted by molar-refractivity contribution is 0.195. The third-order valence-corrected chi connectivity index (χ3v) is 6.75. The molecule has 2 fully saturated rings. The van der Waals surface area contributed by atoms with Crippen LogP contribution in [0, 0.1) is 34.0 Å². The zero-order valence-corrected chi connectivity index (χ0v) is 10.9. The van der Waals surface area contributed by atoms with Crippen molar-refractivity contribution in [1.82, 2.24) is 0 Å². The maximum atomic E-state index is 2.54. The van der Waals surface area contributed by atoms with Crippen molar-refractivity contribution in [1.29, 1.82) is 0 Å². The van der Waals surface area contributed by atoms with E-state index in [1.165, 1.54) is 6.42 Å². The molecular weight excluding hydrogens is 168 g/mol. The maximum Gasteiger partial charge on any atom is -0.0177 e. The first-order chi connectivity index (χ1) is 6.21. The molecule has 2 rings (SSSR count). The molecule has 4 unspecified atom stereocenters. The molecule has 0 bridgehead atoms. The molecule has 2 aliphatic carbocycles. The fourth-order valence-electron chi connectivity index (χ4n) is 5.19. The van der Waals surface area contributed by atoms with Crippen molar-refractivity contribution < 1.29 is 0 Å². The van der Waals surface area contributed by atoms with Crippen LogP contribution in [0.1, 0.15) is 54.9 Å². The minimum Gasteiger partial charge on any atom is -0.0625 e. The lowest BCUT2D eigenvalue weighted by atomic mass is 9.76. The van der Waals surface area contributed by atoms with Gasteiger partial charge in [-0.05, 0) is 40.4 Å². The molecular formula is C14H26. The van der Waals surface area contributed by atoms with E-state index in [0.29, 0.717) is 16.2 Å². The molecule has 14 heavy (non-hydrogen) atoms. The molecule has 0 radical (unpaired) electrons. The molecule has 0 N–H and O–H groups in total. The van der Waals surface area contributed by atoms with Gasteiger partial charge in [-0.15, -0.1) is 0 Å². The summed E-state index contributed by atoms with van der Waals surface area (Å²) < 4.78 is 0. The van der Waals surface area contributed by atoms with Gasteiger partial charge in [-0.3, -0.25) is 0 Å². The molecule has 2 saturated carbocycles. The molecule has 0 heterocycles. The van der Waals surface area contributed by atoms with E-state index in [4.69, 9.17) is 0 Å². The van der Waals surface area contributed by atoms with Crippen LogP contribution in [0.25, 0.3) is 0 Å². The second-order valence-corrected chi connectivity index (χ2v) is 7.02. The van der Waals surface area contributed by atoms with Gasteiger partial charge in [0.1, 0.15) is 0 Å². The van der Waals surface area contributed by atoms with Crippen molar-refractivity contribution in [3.63, 3.8) is 0 Å². The third-order valence-electron chi connectivity index (χ3n) is 6.75. The Kier molecular flexibility index (Phi) is 1.79. The zero-order chi connectivity index (χ0) is 10.9. The van der Waals surface area contributed by atoms with Crippen LogP contribution in [0.5, 0.6) is 0 Å². The van der Waals surface area contributed by atoms with Crippen LogP contribution in [0.3, 0.4) is 0 Å². The van der Waals surface area contributed by atoms with E-state index < -0.39 is 0 Å². The number of hydrogen-bond donors (Lipinski definition) is 0. The van der Waals surface area contributed by atoms with Gasteiger partial charge in [0.15, 0.2) is 0 Å². The van der Waals surface area contributed by atoms with Gasteiger partial charge < -0.3 is 0 Å². The second-order valence-electron chi connectivity index (χ2n) is 7.02. The molecule has 0 heteroatoms. The fraction of sp³-hybridized carbons (Fsp3) is 1.00. The van der Waals surface area contributed by atoms with Crippen LogP contribution in [-0.2, 0) is 0 Å². The number of rotatable bonds is 1. The first-order valence-corrected chi connectivity index (χ1v) is 6.21. The Bertz CT molecular complexity index is 263. The van der Waals surface area contributed by atoms with Gasteiger partial charge in [0.25, 0.3) is 0 Å². The Morgan fingerprint density at radius 2 is 1.50 bits per heavy atom. The Morgan fingerprint density at radius 3 is 1.71 bits per heavy atom. The van der Waals surface area contributed by atoms with Crippen LogP contribution in [0.15, 0.2) is 0 Å². The monoisotopic (exact) mass is 194 g/mol. The molecule has 82 valence electrons. The lowest BCUT2D eigenvalue weighted by Crippen LogP contribution is -2.22. The van der Waals surface area contributed by atoms with Gasteiger partial charge in [0, 0.05) is 0 Å². The summed E-state index contributed by atoms with van der Waals surface area (Å²) in [7, 11) is 0. The molecule has 0 spiro atoms. The van der Waals surface area contributed by atoms with E-state index in [9.17, 15) is 0 Å². The SMILES string of the molecule is CC(C)C1CC(C)C2(C)C(C)(C)C12C. The number of hydrogen-bond acceptors (Lipinski definition) is 0. The summed E-state index contributed by atoms with van der Waals surface area (Å²) >= 11 is 0. The maximum absolute atomic E-state index is 2.54. The van der Waals surface area contributed by atoms with Gasteiger partial charge in [-0.1, -0.05) is 48.5 Å². The minimum atomic E-state index is 0.562. The highest BCUT2D eigenvalue weighted by molar-refractivity contribution is 5.30. The quantitative estimate of drug-likeness (QED) is 0.582. The van der Waals surface area contributed by atoms with E-state index in [-0.39, 0.29) is 0 Å². The second kappa shape index (κ2) is 2.39. The molecule has 0 aromatic carbocycles. The molecule has 0 amide bonds. The summed E-state index contributed by atoms with van der Waals surface area (Å²) in [5, 5.41) is 0. The minimum absolute atomic E-state index is 0.562. The Balaban J connectivity index is 2.40. The topological polar surface area (TPSA) is 0 Å². The summed E-state index contributed by atoms with van der Waals surface area (Å²) in [5.74, 6) is 2.71. The summed E-state index contributed by atoms with van der Waals surface area (Å²) in [6.07, 6.45) is 1.45. The van der Waals surface area contributed by atoms with Crippen molar-refractivity contribution in [3.05, 3.63) is 0 Å². The predicted molar refractivity (Wildman–Crippen MR) is 62.1 cm³/mol. The molecule has 0 aromatic heterocycles. The van der Waals surface area contributed by atoms with E-state index in [1.54, 1.807) is 0 Å². The van der Waals surface area contributed by atoms with E-state index >= 15 is 0 Å². The molecule has 0 aliphatic heterocycles. The van der Waals surface area contributed by atoms with Crippen molar-refractivity contribution >= 4 is 0 Å². The Hall–Kier alpha value is 0. The van der Waals surface area contributed by atoms with Gasteiger partial charge >= 0.3 is 0 Å². The largest absolute Gasteiger partial charge is 0.0625 e. The van der Waals surface area contributed by atoms with Crippen molar-refractivity contribution in [2.24, 2.45) is 34.0 Å². The highest BCUT2D eigenvalue weighted by Crippen LogP contribution is 2.88. The lowest BCUT2D eigenvalue weighted by Gasteiger charge is -2.29. The van der Waals surface area contributed by atoms with Gasteiger partial charge in [0.05, 0.1) is 0 Å². The Morgan fingerprint density at radius 1 is 1.00 bits per heavy atom. The molecule has 0 aromatic rings.